The Bertz CT molecular complexity index is 126. The van der Waals surface area contributed by atoms with Gasteiger partial charge in [0.05, 0.1) is 0 Å². The van der Waals surface area contributed by atoms with E-state index in [9.17, 15) is 5.11 Å². The van der Waals surface area contributed by atoms with Gasteiger partial charge in [-0.1, -0.05) is 0 Å². The van der Waals surface area contributed by atoms with E-state index in [2.05, 4.69) is 4.37 Å². The van der Waals surface area contributed by atoms with Crippen LogP contribution in [0.5, 0.6) is 0 Å². The fourth-order valence-corrected chi connectivity index (χ4v) is 0.819. The molecule has 7 heavy (non-hydrogen) atoms. The van der Waals surface area contributed by atoms with Crippen LogP contribution in [0.2, 0.25) is 0 Å². The number of aromatic nitrogens is 1. The molecule has 0 aliphatic heterocycles. The van der Waals surface area contributed by atoms with E-state index in [-0.39, 0.29) is 6.61 Å². The molecule has 0 unspecified atom stereocenters. The van der Waals surface area contributed by atoms with Gasteiger partial charge in [-0.3, -0.25) is 0 Å². The van der Waals surface area contributed by atoms with Crippen molar-refractivity contribution in [1.29, 1.82) is 0 Å². The first-order valence-electron chi connectivity index (χ1n) is 1.90. The second-order valence-electron chi connectivity index (χ2n) is 1.18. The molecule has 2 nitrogen and oxygen atoms in total. The van der Waals surface area contributed by atoms with E-state index in [0.717, 1.165) is 5.56 Å². The summed E-state index contributed by atoms with van der Waals surface area (Å²) < 4.78 is 3.73. The van der Waals surface area contributed by atoms with Crippen molar-refractivity contribution >= 4 is 11.5 Å². The van der Waals surface area contributed by atoms with Gasteiger partial charge in [0, 0.05) is 17.1 Å². The number of nitrogens with zero attached hydrogens (tertiary/aromatic N) is 1. The summed E-state index contributed by atoms with van der Waals surface area (Å²) in [6.45, 7) is -0.142. The Morgan fingerprint density at radius 3 is 3.00 bits per heavy atom. The Morgan fingerprint density at radius 2 is 2.71 bits per heavy atom. The van der Waals surface area contributed by atoms with Crippen molar-refractivity contribution in [2.75, 3.05) is 0 Å². The molecular formula is C4H4NOS. The fraction of sp³-hybridized carbons (Fsp3) is 0.250. The molecule has 0 aliphatic carbocycles. The largest absolute Gasteiger partial charge is 0.231 e. The van der Waals surface area contributed by atoms with Crippen molar-refractivity contribution in [1.82, 2.24) is 4.37 Å². The lowest BCUT2D eigenvalue weighted by Crippen LogP contribution is -1.70. The third kappa shape index (κ3) is 0.976. The molecule has 0 saturated carbocycles. The molecule has 0 aliphatic rings. The third-order valence-corrected chi connectivity index (χ3v) is 1.29. The van der Waals surface area contributed by atoms with Crippen molar-refractivity contribution in [2.45, 2.75) is 6.61 Å². The quantitative estimate of drug-likeness (QED) is 0.537. The average molecular weight is 114 g/mol. The summed E-state index contributed by atoms with van der Waals surface area (Å²) in [4.78, 5) is 0. The zero-order valence-electron chi connectivity index (χ0n) is 3.63. The van der Waals surface area contributed by atoms with Gasteiger partial charge >= 0.3 is 0 Å². The first-order valence-corrected chi connectivity index (χ1v) is 2.73. The molecule has 37 valence electrons. The van der Waals surface area contributed by atoms with E-state index in [1.807, 2.05) is 0 Å². The molecule has 0 fully saturated rings. The number of rotatable bonds is 1. The van der Waals surface area contributed by atoms with Gasteiger partial charge < -0.3 is 0 Å². The Hall–Kier alpha value is -0.410. The van der Waals surface area contributed by atoms with Crippen molar-refractivity contribution < 1.29 is 5.11 Å². The van der Waals surface area contributed by atoms with Crippen LogP contribution in [0.15, 0.2) is 11.6 Å². The van der Waals surface area contributed by atoms with E-state index in [1.165, 1.54) is 11.5 Å². The molecule has 0 spiro atoms. The molecule has 3 heteroatoms. The molecule has 0 N–H and O–H groups in total. The SMILES string of the molecule is [O]Cc1cnsc1. The molecule has 0 amide bonds. The highest BCUT2D eigenvalue weighted by molar-refractivity contribution is 7.03. The van der Waals surface area contributed by atoms with Gasteiger partial charge in [-0.05, 0) is 11.5 Å². The summed E-state index contributed by atoms with van der Waals surface area (Å²) in [5.41, 5.74) is 0.782. The Labute approximate surface area is 45.6 Å². The summed E-state index contributed by atoms with van der Waals surface area (Å²) >= 11 is 1.31. The molecule has 1 aromatic heterocycles. The smallest absolute Gasteiger partial charge is 0.110 e. The van der Waals surface area contributed by atoms with Crippen molar-refractivity contribution in [3.63, 3.8) is 0 Å². The fourth-order valence-electron chi connectivity index (χ4n) is 0.298. The van der Waals surface area contributed by atoms with Crippen LogP contribution in [0, 0.1) is 0 Å². The zero-order valence-corrected chi connectivity index (χ0v) is 4.44. The predicted octanol–water partition coefficient (Wildman–Crippen LogP) is 1.07. The van der Waals surface area contributed by atoms with Gasteiger partial charge in [0.25, 0.3) is 0 Å². The summed E-state index contributed by atoms with van der Waals surface area (Å²) in [5.74, 6) is 0. The second-order valence-corrected chi connectivity index (χ2v) is 1.83. The van der Waals surface area contributed by atoms with E-state index < -0.39 is 0 Å². The van der Waals surface area contributed by atoms with Gasteiger partial charge in [-0.25, -0.2) is 9.48 Å². The highest BCUT2D eigenvalue weighted by atomic mass is 32.1. The Morgan fingerprint density at radius 1 is 1.86 bits per heavy atom. The van der Waals surface area contributed by atoms with Gasteiger partial charge in [0.15, 0.2) is 0 Å². The third-order valence-electron chi connectivity index (χ3n) is 0.650. The van der Waals surface area contributed by atoms with Crippen LogP contribution in [0.1, 0.15) is 5.56 Å². The van der Waals surface area contributed by atoms with Crippen molar-refractivity contribution in [3.05, 3.63) is 17.1 Å². The highest BCUT2D eigenvalue weighted by Gasteiger charge is 1.86. The van der Waals surface area contributed by atoms with E-state index >= 15 is 0 Å². The Kier molecular flexibility index (Phi) is 1.38. The monoisotopic (exact) mass is 114 g/mol. The highest BCUT2D eigenvalue weighted by Crippen LogP contribution is 1.99. The maximum atomic E-state index is 9.96. The van der Waals surface area contributed by atoms with E-state index in [1.54, 1.807) is 11.6 Å². The lowest BCUT2D eigenvalue weighted by molar-refractivity contribution is 0.178. The van der Waals surface area contributed by atoms with Crippen LogP contribution in [0.4, 0.5) is 0 Å². The second kappa shape index (κ2) is 2.04. The molecule has 0 saturated heterocycles. The first-order chi connectivity index (χ1) is 3.43. The minimum Gasteiger partial charge on any atom is -0.231 e. The molecule has 0 atom stereocenters. The standard InChI is InChI=1S/C4H4NOS/c6-2-4-1-5-7-3-4/h1,3H,2H2. The molecule has 0 bridgehead atoms. The minimum absolute atomic E-state index is 0.142. The van der Waals surface area contributed by atoms with Gasteiger partial charge in [0.1, 0.15) is 6.61 Å². The van der Waals surface area contributed by atoms with E-state index in [4.69, 9.17) is 0 Å². The summed E-state index contributed by atoms with van der Waals surface area (Å²) in [7, 11) is 0. The Balaban J connectivity index is 2.76. The first kappa shape index (κ1) is 4.74. The maximum Gasteiger partial charge on any atom is 0.110 e. The molecular weight excluding hydrogens is 110 g/mol. The minimum atomic E-state index is -0.142. The van der Waals surface area contributed by atoms with Crippen LogP contribution in [0.3, 0.4) is 0 Å². The van der Waals surface area contributed by atoms with Crippen LogP contribution >= 0.6 is 11.5 Å². The topological polar surface area (TPSA) is 32.8 Å². The predicted molar refractivity (Wildman–Crippen MR) is 26.5 cm³/mol. The zero-order chi connectivity index (χ0) is 5.11. The van der Waals surface area contributed by atoms with Crippen LogP contribution in [-0.2, 0) is 11.7 Å². The molecule has 1 heterocycles. The summed E-state index contributed by atoms with van der Waals surface area (Å²) in [5, 5.41) is 11.7. The van der Waals surface area contributed by atoms with Gasteiger partial charge in [-0.2, -0.15) is 0 Å². The molecule has 0 aromatic carbocycles. The molecule has 1 rings (SSSR count). The molecule has 1 radical (unpaired) electrons. The lowest BCUT2D eigenvalue weighted by Gasteiger charge is -1.73. The van der Waals surface area contributed by atoms with Crippen LogP contribution in [0.25, 0.3) is 0 Å². The van der Waals surface area contributed by atoms with Crippen LogP contribution in [-0.4, -0.2) is 4.37 Å². The summed E-state index contributed by atoms with van der Waals surface area (Å²) in [6, 6.07) is 0. The average Bonchev–Trinajstić information content (AvgIpc) is 2.14. The van der Waals surface area contributed by atoms with Crippen LogP contribution < -0.4 is 0 Å². The normalized spacial score (nSPS) is 9.29. The number of hydrogen-bond donors (Lipinski definition) is 0. The maximum absolute atomic E-state index is 9.96. The van der Waals surface area contributed by atoms with Gasteiger partial charge in [0.2, 0.25) is 0 Å². The van der Waals surface area contributed by atoms with Crippen molar-refractivity contribution in [3.8, 4) is 0 Å². The molecule has 1 aromatic rings. The summed E-state index contributed by atoms with van der Waals surface area (Å²) in [6.07, 6.45) is 1.59. The van der Waals surface area contributed by atoms with E-state index in [0.29, 0.717) is 0 Å². The lowest BCUT2D eigenvalue weighted by atomic mass is 10.4. The number of hydrogen-bond acceptors (Lipinski definition) is 2. The van der Waals surface area contributed by atoms with Crippen molar-refractivity contribution in [2.24, 2.45) is 0 Å². The van der Waals surface area contributed by atoms with Gasteiger partial charge in [-0.15, -0.1) is 0 Å².